The quantitative estimate of drug-likeness (QED) is 0.414. The van der Waals surface area contributed by atoms with Crippen LogP contribution >= 0.6 is 0 Å². The molecule has 32 heavy (non-hydrogen) atoms. The lowest BCUT2D eigenvalue weighted by Gasteiger charge is -2.23. The number of allylic oxidation sites excluding steroid dienone is 1. The van der Waals surface area contributed by atoms with E-state index < -0.39 is 0 Å². The van der Waals surface area contributed by atoms with Gasteiger partial charge in [0.25, 0.3) is 0 Å². The maximum absolute atomic E-state index is 12.3. The fraction of sp³-hybridized carbons (Fsp3) is 0.423. The van der Waals surface area contributed by atoms with E-state index in [0.29, 0.717) is 30.3 Å². The molecule has 3 atom stereocenters. The topological polar surface area (TPSA) is 63.2 Å². The van der Waals surface area contributed by atoms with Crippen LogP contribution in [0, 0.1) is 11.8 Å². The third kappa shape index (κ3) is 5.43. The second-order valence-corrected chi connectivity index (χ2v) is 7.91. The molecule has 0 amide bonds. The van der Waals surface area contributed by atoms with Gasteiger partial charge in [-0.05, 0) is 61.6 Å². The Morgan fingerprint density at radius 2 is 1.75 bits per heavy atom. The number of hydrogen-bond donors (Lipinski definition) is 0. The summed E-state index contributed by atoms with van der Waals surface area (Å²) in [5, 5.41) is 0. The molecule has 6 heteroatoms. The molecule has 0 bridgehead atoms. The van der Waals surface area contributed by atoms with E-state index in [9.17, 15) is 4.79 Å². The standard InChI is InChI=1S/C26H32O6/c1-6-17(2)26(27)32-16-22-20(13-18-7-12-23(29-4)24(14-18)30-5)15-31-25(22)19-8-10-21(28-3)11-9-19/h6-12,14,20,22,25H,13,15-16H2,1-5H3/b17-6-/t20-,22-,25+/m0/s1. The Kier molecular flexibility index (Phi) is 8.17. The van der Waals surface area contributed by atoms with E-state index in [-0.39, 0.29) is 23.9 Å². The van der Waals surface area contributed by atoms with Crippen molar-refractivity contribution in [2.45, 2.75) is 26.4 Å². The normalized spacial score (nSPS) is 20.7. The molecular weight excluding hydrogens is 408 g/mol. The summed E-state index contributed by atoms with van der Waals surface area (Å²) in [5.41, 5.74) is 2.76. The van der Waals surface area contributed by atoms with Crippen molar-refractivity contribution in [3.05, 3.63) is 65.2 Å². The van der Waals surface area contributed by atoms with E-state index in [1.165, 1.54) is 0 Å². The molecule has 2 aromatic carbocycles. The summed E-state index contributed by atoms with van der Waals surface area (Å²) in [5.74, 6) is 2.09. The first kappa shape index (κ1) is 23.7. The molecule has 0 N–H and O–H groups in total. The zero-order valence-corrected chi connectivity index (χ0v) is 19.4. The summed E-state index contributed by atoms with van der Waals surface area (Å²) in [6.07, 6.45) is 2.37. The molecule has 2 aromatic rings. The van der Waals surface area contributed by atoms with E-state index in [4.69, 9.17) is 23.7 Å². The summed E-state index contributed by atoms with van der Waals surface area (Å²) in [6, 6.07) is 13.8. The van der Waals surface area contributed by atoms with Crippen molar-refractivity contribution in [2.24, 2.45) is 11.8 Å². The molecule has 0 aromatic heterocycles. The van der Waals surface area contributed by atoms with Crippen LogP contribution in [0.1, 0.15) is 31.1 Å². The van der Waals surface area contributed by atoms with Gasteiger partial charge in [-0.3, -0.25) is 0 Å². The maximum Gasteiger partial charge on any atom is 0.333 e. The molecule has 3 rings (SSSR count). The van der Waals surface area contributed by atoms with Crippen molar-refractivity contribution in [1.29, 1.82) is 0 Å². The first-order valence-corrected chi connectivity index (χ1v) is 10.8. The second-order valence-electron chi connectivity index (χ2n) is 7.91. The summed E-state index contributed by atoms with van der Waals surface area (Å²) in [4.78, 5) is 12.3. The van der Waals surface area contributed by atoms with Crippen LogP contribution in [0.4, 0.5) is 0 Å². The van der Waals surface area contributed by atoms with Crippen molar-refractivity contribution in [2.75, 3.05) is 34.5 Å². The van der Waals surface area contributed by atoms with Gasteiger partial charge in [-0.25, -0.2) is 4.79 Å². The van der Waals surface area contributed by atoms with Gasteiger partial charge in [0.05, 0.1) is 40.6 Å². The monoisotopic (exact) mass is 440 g/mol. The van der Waals surface area contributed by atoms with Crippen molar-refractivity contribution in [3.63, 3.8) is 0 Å². The fourth-order valence-corrected chi connectivity index (χ4v) is 4.01. The zero-order valence-electron chi connectivity index (χ0n) is 19.4. The minimum absolute atomic E-state index is 0.0186. The number of benzene rings is 2. The second kappa shape index (κ2) is 11.0. The highest BCUT2D eigenvalue weighted by molar-refractivity contribution is 5.87. The zero-order chi connectivity index (χ0) is 23.1. The van der Waals surface area contributed by atoms with Gasteiger partial charge in [0.15, 0.2) is 11.5 Å². The van der Waals surface area contributed by atoms with Crippen LogP contribution < -0.4 is 14.2 Å². The molecule has 0 saturated carbocycles. The van der Waals surface area contributed by atoms with Crippen molar-refractivity contribution >= 4 is 5.97 Å². The minimum atomic E-state index is -0.294. The maximum atomic E-state index is 12.3. The first-order chi connectivity index (χ1) is 15.5. The van der Waals surface area contributed by atoms with E-state index >= 15 is 0 Å². The van der Waals surface area contributed by atoms with Crippen LogP contribution in [-0.2, 0) is 20.7 Å². The van der Waals surface area contributed by atoms with Gasteiger partial charge >= 0.3 is 5.97 Å². The van der Waals surface area contributed by atoms with Crippen LogP contribution in [0.25, 0.3) is 0 Å². The smallest absolute Gasteiger partial charge is 0.333 e. The highest BCUT2D eigenvalue weighted by Gasteiger charge is 2.39. The predicted octanol–water partition coefficient (Wildman–Crippen LogP) is 4.77. The Labute approximate surface area is 190 Å². The Balaban J connectivity index is 1.82. The third-order valence-electron chi connectivity index (χ3n) is 6.04. The molecule has 0 spiro atoms. The van der Waals surface area contributed by atoms with Crippen LogP contribution in [0.5, 0.6) is 17.2 Å². The highest BCUT2D eigenvalue weighted by atomic mass is 16.5. The molecule has 1 aliphatic rings. The van der Waals surface area contributed by atoms with Crippen LogP contribution in [0.15, 0.2) is 54.1 Å². The number of carbonyl (C=O) groups excluding carboxylic acids is 1. The number of rotatable bonds is 9. The van der Waals surface area contributed by atoms with Crippen molar-refractivity contribution < 1.29 is 28.5 Å². The van der Waals surface area contributed by atoms with Gasteiger partial charge in [0.1, 0.15) is 5.75 Å². The van der Waals surface area contributed by atoms with E-state index in [2.05, 4.69) is 0 Å². The van der Waals surface area contributed by atoms with Crippen LogP contribution in [0.3, 0.4) is 0 Å². The van der Waals surface area contributed by atoms with Gasteiger partial charge in [0.2, 0.25) is 0 Å². The summed E-state index contributed by atoms with van der Waals surface area (Å²) < 4.78 is 28.0. The highest BCUT2D eigenvalue weighted by Crippen LogP contribution is 2.41. The lowest BCUT2D eigenvalue weighted by Crippen LogP contribution is -2.24. The molecule has 1 fully saturated rings. The predicted molar refractivity (Wildman–Crippen MR) is 122 cm³/mol. The number of esters is 1. The van der Waals surface area contributed by atoms with E-state index in [1.54, 1.807) is 34.3 Å². The number of methoxy groups -OCH3 is 3. The molecule has 1 saturated heterocycles. The minimum Gasteiger partial charge on any atom is -0.497 e. The van der Waals surface area contributed by atoms with Crippen LogP contribution in [0.2, 0.25) is 0 Å². The van der Waals surface area contributed by atoms with Gasteiger partial charge in [0, 0.05) is 11.5 Å². The molecule has 1 heterocycles. The molecule has 0 radical (unpaired) electrons. The Bertz CT molecular complexity index is 934. The largest absolute Gasteiger partial charge is 0.497 e. The molecule has 0 unspecified atom stereocenters. The summed E-state index contributed by atoms with van der Waals surface area (Å²) in [6.45, 7) is 4.46. The fourth-order valence-electron chi connectivity index (χ4n) is 4.01. The van der Waals surface area contributed by atoms with Gasteiger partial charge in [-0.2, -0.15) is 0 Å². The SMILES string of the molecule is C/C=C(/C)C(=O)OC[C@H]1[C@@H](Cc2ccc(OC)c(OC)c2)CO[C@@H]1c1ccc(OC)cc1. The Morgan fingerprint density at radius 1 is 1.03 bits per heavy atom. The van der Waals surface area contributed by atoms with Gasteiger partial charge in [-0.1, -0.05) is 24.3 Å². The Hall–Kier alpha value is -2.99. The molecule has 172 valence electrons. The lowest BCUT2D eigenvalue weighted by molar-refractivity contribution is -0.141. The van der Waals surface area contributed by atoms with E-state index in [0.717, 1.165) is 23.3 Å². The number of ether oxygens (including phenoxy) is 5. The third-order valence-corrected chi connectivity index (χ3v) is 6.04. The average molecular weight is 441 g/mol. The molecule has 6 nitrogen and oxygen atoms in total. The van der Waals surface area contributed by atoms with Gasteiger partial charge < -0.3 is 23.7 Å². The number of carbonyl (C=O) groups is 1. The molecular formula is C26H32O6. The summed E-state index contributed by atoms with van der Waals surface area (Å²) >= 11 is 0. The van der Waals surface area contributed by atoms with Crippen molar-refractivity contribution in [1.82, 2.24) is 0 Å². The summed E-state index contributed by atoms with van der Waals surface area (Å²) in [7, 11) is 4.90. The number of hydrogen-bond acceptors (Lipinski definition) is 6. The molecule has 0 aliphatic carbocycles. The van der Waals surface area contributed by atoms with E-state index in [1.807, 2.05) is 49.4 Å². The first-order valence-electron chi connectivity index (χ1n) is 10.8. The van der Waals surface area contributed by atoms with Crippen molar-refractivity contribution in [3.8, 4) is 17.2 Å². The average Bonchev–Trinajstić information content (AvgIpc) is 3.23. The Morgan fingerprint density at radius 3 is 2.38 bits per heavy atom. The van der Waals surface area contributed by atoms with Gasteiger partial charge in [-0.15, -0.1) is 0 Å². The lowest BCUT2D eigenvalue weighted by atomic mass is 9.84. The van der Waals surface area contributed by atoms with Crippen LogP contribution in [-0.4, -0.2) is 40.5 Å². The molecule has 1 aliphatic heterocycles.